The van der Waals surface area contributed by atoms with Crippen LogP contribution in [0, 0.1) is 0 Å². The standard InChI is InChI=1S/C18H17F3N4OS/c19-18(20,21)15-8-10-24(23-15)11-16(26)25-9-4-3-6-13(25)17-22-12-5-1-2-7-14(12)27-17/h1-2,5,7-8,10,13H,3-4,6,9,11H2. The minimum absolute atomic E-state index is 0.138. The maximum absolute atomic E-state index is 12.8. The molecule has 9 heteroatoms. The van der Waals surface area contributed by atoms with E-state index in [1.165, 1.54) is 6.20 Å². The van der Waals surface area contributed by atoms with Crippen molar-refractivity contribution >= 4 is 27.5 Å². The van der Waals surface area contributed by atoms with Gasteiger partial charge in [-0.25, -0.2) is 4.98 Å². The average molecular weight is 394 g/mol. The van der Waals surface area contributed by atoms with Crippen molar-refractivity contribution in [3.05, 3.63) is 47.2 Å². The molecule has 4 rings (SSSR count). The van der Waals surface area contributed by atoms with Gasteiger partial charge in [0.05, 0.1) is 16.3 Å². The molecule has 2 aromatic heterocycles. The van der Waals surface area contributed by atoms with Gasteiger partial charge >= 0.3 is 6.18 Å². The molecule has 1 saturated heterocycles. The summed E-state index contributed by atoms with van der Waals surface area (Å²) in [4.78, 5) is 19.2. The number of para-hydroxylation sites is 1. The number of aromatic nitrogens is 3. The van der Waals surface area contributed by atoms with Gasteiger partial charge in [0.1, 0.15) is 11.6 Å². The van der Waals surface area contributed by atoms with E-state index in [1.807, 2.05) is 24.3 Å². The molecular formula is C18H17F3N4OS. The van der Waals surface area contributed by atoms with Crippen molar-refractivity contribution < 1.29 is 18.0 Å². The Balaban J connectivity index is 1.54. The topological polar surface area (TPSA) is 51.0 Å². The fourth-order valence-corrected chi connectivity index (χ4v) is 4.47. The van der Waals surface area contributed by atoms with Crippen LogP contribution in [-0.4, -0.2) is 32.1 Å². The molecule has 0 bridgehead atoms. The Hall–Kier alpha value is -2.42. The number of fused-ring (bicyclic) bond motifs is 1. The highest BCUT2D eigenvalue weighted by atomic mass is 32.1. The number of halogens is 3. The van der Waals surface area contributed by atoms with E-state index in [0.717, 1.165) is 45.2 Å². The largest absolute Gasteiger partial charge is 0.435 e. The molecule has 1 fully saturated rings. The second-order valence-electron chi connectivity index (χ2n) is 6.51. The monoisotopic (exact) mass is 394 g/mol. The smallest absolute Gasteiger partial charge is 0.332 e. The van der Waals surface area contributed by atoms with E-state index in [9.17, 15) is 18.0 Å². The van der Waals surface area contributed by atoms with Crippen molar-refractivity contribution in [1.82, 2.24) is 19.7 Å². The number of alkyl halides is 3. The van der Waals surface area contributed by atoms with Gasteiger partial charge in [0, 0.05) is 12.7 Å². The van der Waals surface area contributed by atoms with Gasteiger partial charge in [0.2, 0.25) is 5.91 Å². The number of hydrogen-bond acceptors (Lipinski definition) is 4. The molecule has 1 amide bonds. The fourth-order valence-electron chi connectivity index (χ4n) is 3.35. The highest BCUT2D eigenvalue weighted by Crippen LogP contribution is 2.35. The summed E-state index contributed by atoms with van der Waals surface area (Å²) in [5.41, 5.74) is -0.0889. The number of rotatable bonds is 3. The summed E-state index contributed by atoms with van der Waals surface area (Å²) < 4.78 is 40.2. The minimum atomic E-state index is -4.51. The lowest BCUT2D eigenvalue weighted by Crippen LogP contribution is -2.40. The molecule has 27 heavy (non-hydrogen) atoms. The first-order valence-corrected chi connectivity index (χ1v) is 9.49. The highest BCUT2D eigenvalue weighted by Gasteiger charge is 2.34. The van der Waals surface area contributed by atoms with Crippen LogP contribution in [0.1, 0.15) is 36.0 Å². The highest BCUT2D eigenvalue weighted by molar-refractivity contribution is 7.18. The summed E-state index contributed by atoms with van der Waals surface area (Å²) in [6.07, 6.45) is -0.650. The Labute approximate surface area is 157 Å². The number of carbonyl (C=O) groups is 1. The SMILES string of the molecule is O=C(Cn1ccc(C(F)(F)F)n1)N1CCCCC1c1nc2ccccc2s1. The number of amides is 1. The van der Waals surface area contributed by atoms with E-state index in [1.54, 1.807) is 16.2 Å². The molecule has 0 saturated carbocycles. The molecule has 1 atom stereocenters. The van der Waals surface area contributed by atoms with Gasteiger partial charge in [-0.05, 0) is 37.5 Å². The van der Waals surface area contributed by atoms with Crippen LogP contribution in [0.5, 0.6) is 0 Å². The van der Waals surface area contributed by atoms with Gasteiger partial charge < -0.3 is 4.90 Å². The Morgan fingerprint density at radius 1 is 1.22 bits per heavy atom. The molecular weight excluding hydrogens is 377 g/mol. The van der Waals surface area contributed by atoms with Crippen LogP contribution < -0.4 is 0 Å². The first-order chi connectivity index (χ1) is 12.9. The molecule has 3 aromatic rings. The summed E-state index contributed by atoms with van der Waals surface area (Å²) in [5, 5.41) is 4.36. The lowest BCUT2D eigenvalue weighted by molar-refractivity contribution is -0.142. The third-order valence-electron chi connectivity index (χ3n) is 4.65. The number of thiazole rings is 1. The first-order valence-electron chi connectivity index (χ1n) is 8.67. The van der Waals surface area contributed by atoms with Gasteiger partial charge in [0.15, 0.2) is 5.69 Å². The Bertz CT molecular complexity index is 932. The zero-order chi connectivity index (χ0) is 19.0. The molecule has 0 spiro atoms. The maximum atomic E-state index is 12.8. The maximum Gasteiger partial charge on any atom is 0.435 e. The number of likely N-dealkylation sites (tertiary alicyclic amines) is 1. The number of carbonyl (C=O) groups excluding carboxylic acids is 1. The fraction of sp³-hybridized carbons (Fsp3) is 0.389. The minimum Gasteiger partial charge on any atom is -0.332 e. The molecule has 0 aliphatic carbocycles. The Morgan fingerprint density at radius 2 is 2.04 bits per heavy atom. The summed E-state index contributed by atoms with van der Waals surface area (Å²) in [6.45, 7) is 0.365. The predicted octanol–water partition coefficient (Wildman–Crippen LogP) is 4.27. The van der Waals surface area contributed by atoms with Gasteiger partial charge in [-0.3, -0.25) is 9.48 Å². The van der Waals surface area contributed by atoms with Crippen LogP contribution in [-0.2, 0) is 17.5 Å². The molecule has 1 aliphatic heterocycles. The number of hydrogen-bond donors (Lipinski definition) is 0. The van der Waals surface area contributed by atoms with Gasteiger partial charge in [-0.15, -0.1) is 11.3 Å². The zero-order valence-corrected chi connectivity index (χ0v) is 15.1. The quantitative estimate of drug-likeness (QED) is 0.667. The zero-order valence-electron chi connectivity index (χ0n) is 14.3. The molecule has 5 nitrogen and oxygen atoms in total. The molecule has 0 radical (unpaired) electrons. The van der Waals surface area contributed by atoms with Crippen molar-refractivity contribution in [3.8, 4) is 0 Å². The van der Waals surface area contributed by atoms with E-state index < -0.39 is 11.9 Å². The van der Waals surface area contributed by atoms with E-state index in [4.69, 9.17) is 0 Å². The van der Waals surface area contributed by atoms with Crippen molar-refractivity contribution in [3.63, 3.8) is 0 Å². The molecule has 3 heterocycles. The molecule has 1 aliphatic rings. The summed E-state index contributed by atoms with van der Waals surface area (Å²) >= 11 is 1.56. The van der Waals surface area contributed by atoms with Gasteiger partial charge in [-0.1, -0.05) is 12.1 Å². The van der Waals surface area contributed by atoms with Crippen molar-refractivity contribution in [2.75, 3.05) is 6.54 Å². The lowest BCUT2D eigenvalue weighted by atomic mass is 10.0. The van der Waals surface area contributed by atoms with Crippen molar-refractivity contribution in [2.24, 2.45) is 0 Å². The number of piperidine rings is 1. The van der Waals surface area contributed by atoms with Crippen LogP contribution in [0.2, 0.25) is 0 Å². The van der Waals surface area contributed by atoms with E-state index >= 15 is 0 Å². The van der Waals surface area contributed by atoms with Crippen LogP contribution in [0.25, 0.3) is 10.2 Å². The predicted molar refractivity (Wildman–Crippen MR) is 95.2 cm³/mol. The molecule has 142 valence electrons. The van der Waals surface area contributed by atoms with E-state index in [2.05, 4.69) is 10.1 Å². The number of nitrogens with zero attached hydrogens (tertiary/aromatic N) is 4. The van der Waals surface area contributed by atoms with Crippen LogP contribution in [0.15, 0.2) is 36.5 Å². The second kappa shape index (κ2) is 6.95. The second-order valence-corrected chi connectivity index (χ2v) is 7.58. The lowest BCUT2D eigenvalue weighted by Gasteiger charge is -2.34. The van der Waals surface area contributed by atoms with E-state index in [-0.39, 0.29) is 18.5 Å². The normalized spacial score (nSPS) is 18.2. The Kier molecular flexibility index (Phi) is 4.63. The van der Waals surface area contributed by atoms with Gasteiger partial charge in [-0.2, -0.15) is 18.3 Å². The third kappa shape index (κ3) is 3.69. The first kappa shape index (κ1) is 18.0. The third-order valence-corrected chi connectivity index (χ3v) is 5.78. The van der Waals surface area contributed by atoms with E-state index in [0.29, 0.717) is 6.54 Å². The molecule has 1 aromatic carbocycles. The summed E-state index contributed by atoms with van der Waals surface area (Å²) in [7, 11) is 0. The van der Waals surface area contributed by atoms with Gasteiger partial charge in [0.25, 0.3) is 0 Å². The summed E-state index contributed by atoms with van der Waals surface area (Å²) in [5.74, 6) is -0.240. The average Bonchev–Trinajstić information content (AvgIpc) is 3.28. The van der Waals surface area contributed by atoms with Crippen LogP contribution in [0.3, 0.4) is 0 Å². The molecule has 1 unspecified atom stereocenters. The Morgan fingerprint density at radius 3 is 2.78 bits per heavy atom. The molecule has 0 N–H and O–H groups in total. The number of benzene rings is 1. The summed E-state index contributed by atoms with van der Waals surface area (Å²) in [6, 6.07) is 8.55. The van der Waals surface area contributed by atoms with Crippen molar-refractivity contribution in [2.45, 2.75) is 38.0 Å². The van der Waals surface area contributed by atoms with Crippen LogP contribution >= 0.6 is 11.3 Å². The van der Waals surface area contributed by atoms with Crippen molar-refractivity contribution in [1.29, 1.82) is 0 Å². The van der Waals surface area contributed by atoms with Crippen LogP contribution in [0.4, 0.5) is 13.2 Å².